The monoisotopic (exact) mass is 374 g/mol. The number of carbonyl (C=O) groups excluding carboxylic acids is 1. The molecule has 0 unspecified atom stereocenters. The fourth-order valence-electron chi connectivity index (χ4n) is 2.65. The van der Waals surface area contributed by atoms with Crippen molar-refractivity contribution in [3.05, 3.63) is 58.2 Å². The first-order valence-corrected chi connectivity index (χ1v) is 8.21. The maximum absolute atomic E-state index is 12.9. The van der Waals surface area contributed by atoms with Gasteiger partial charge in [-0.05, 0) is 55.0 Å². The minimum absolute atomic E-state index is 0.254. The fraction of sp³-hybridized carbons (Fsp3) is 0.111. The molecule has 1 saturated heterocycles. The number of benzene rings is 2. The Morgan fingerprint density at radius 1 is 1.20 bits per heavy atom. The van der Waals surface area contributed by atoms with Crippen molar-refractivity contribution < 1.29 is 15.0 Å². The Kier molecular flexibility index (Phi) is 4.41. The van der Waals surface area contributed by atoms with E-state index < -0.39 is 0 Å². The first kappa shape index (κ1) is 17.3. The average molecular weight is 375 g/mol. The van der Waals surface area contributed by atoms with Gasteiger partial charge in [0.25, 0.3) is 5.91 Å². The van der Waals surface area contributed by atoms with Crippen LogP contribution in [0.1, 0.15) is 11.1 Å². The third-order valence-corrected chi connectivity index (χ3v) is 4.69. The molecular formula is C18H15ClN2O3S. The fourth-order valence-corrected chi connectivity index (χ4v) is 3.16. The van der Waals surface area contributed by atoms with Crippen molar-refractivity contribution in [2.75, 3.05) is 11.9 Å². The third-order valence-electron chi connectivity index (χ3n) is 4.00. The summed E-state index contributed by atoms with van der Waals surface area (Å²) in [6, 6.07) is 9.75. The largest absolute Gasteiger partial charge is 0.504 e. The number of halogens is 1. The maximum Gasteiger partial charge on any atom is 0.281 e. The number of aromatic hydroxyl groups is 2. The van der Waals surface area contributed by atoms with E-state index in [1.165, 1.54) is 17.0 Å². The Balaban J connectivity index is 2.07. The molecule has 128 valence electrons. The maximum atomic E-state index is 12.9. The number of phenols is 2. The average Bonchev–Trinajstić information content (AvgIpc) is 2.76. The van der Waals surface area contributed by atoms with E-state index in [0.29, 0.717) is 27.1 Å². The molecule has 0 atom stereocenters. The lowest BCUT2D eigenvalue weighted by atomic mass is 10.1. The molecule has 1 fully saturated rings. The summed E-state index contributed by atoms with van der Waals surface area (Å²) in [4.78, 5) is 15.9. The van der Waals surface area contributed by atoms with Crippen molar-refractivity contribution in [3.63, 3.8) is 0 Å². The summed E-state index contributed by atoms with van der Waals surface area (Å²) in [5.74, 6) is -0.862. The van der Waals surface area contributed by atoms with Gasteiger partial charge in [0.2, 0.25) is 0 Å². The van der Waals surface area contributed by atoms with Crippen LogP contribution in [0.2, 0.25) is 5.02 Å². The molecule has 25 heavy (non-hydrogen) atoms. The highest BCUT2D eigenvalue weighted by Gasteiger charge is 2.37. The van der Waals surface area contributed by atoms with Gasteiger partial charge < -0.3 is 15.1 Å². The topological polar surface area (TPSA) is 64.0 Å². The summed E-state index contributed by atoms with van der Waals surface area (Å²) in [6.07, 6.45) is 1.49. The predicted molar refractivity (Wildman–Crippen MR) is 102 cm³/mol. The quantitative estimate of drug-likeness (QED) is 0.477. The lowest BCUT2D eigenvalue weighted by molar-refractivity contribution is -0.114. The molecule has 1 amide bonds. The molecule has 0 radical (unpaired) electrons. The van der Waals surface area contributed by atoms with Gasteiger partial charge in [0, 0.05) is 17.6 Å². The van der Waals surface area contributed by atoms with E-state index in [1.807, 2.05) is 6.92 Å². The van der Waals surface area contributed by atoms with E-state index >= 15 is 0 Å². The number of hydrogen-bond acceptors (Lipinski definition) is 4. The summed E-state index contributed by atoms with van der Waals surface area (Å²) in [6.45, 7) is 1.85. The lowest BCUT2D eigenvalue weighted by Gasteiger charge is -2.18. The second-order valence-corrected chi connectivity index (χ2v) is 6.46. The molecular weight excluding hydrogens is 360 g/mol. The van der Waals surface area contributed by atoms with Crippen LogP contribution in [0.3, 0.4) is 0 Å². The van der Waals surface area contributed by atoms with Crippen molar-refractivity contribution in [1.29, 1.82) is 0 Å². The van der Waals surface area contributed by atoms with Crippen LogP contribution in [0.25, 0.3) is 6.08 Å². The van der Waals surface area contributed by atoms with E-state index in [2.05, 4.69) is 0 Å². The summed E-state index contributed by atoms with van der Waals surface area (Å²) >= 11 is 11.4. The molecule has 1 heterocycles. The number of amides is 1. The SMILES string of the molecule is Cc1cc(Cl)ccc1N1C(=O)/C(=C\c2cccc(O)c2O)N(C)C1=S. The van der Waals surface area contributed by atoms with E-state index in [-0.39, 0.29) is 17.4 Å². The third kappa shape index (κ3) is 2.94. The van der Waals surface area contributed by atoms with Crippen molar-refractivity contribution >= 4 is 46.6 Å². The number of thiocarbonyl (C=S) groups is 1. The Bertz CT molecular complexity index is 927. The van der Waals surface area contributed by atoms with Gasteiger partial charge in [-0.15, -0.1) is 0 Å². The molecule has 2 aromatic rings. The number of carbonyl (C=O) groups is 1. The van der Waals surface area contributed by atoms with E-state index in [0.717, 1.165) is 5.56 Å². The number of para-hydroxylation sites is 1. The molecule has 2 N–H and O–H groups in total. The Morgan fingerprint density at radius 3 is 2.60 bits per heavy atom. The van der Waals surface area contributed by atoms with Crippen LogP contribution < -0.4 is 4.90 Å². The van der Waals surface area contributed by atoms with Crippen molar-refractivity contribution in [2.24, 2.45) is 0 Å². The molecule has 0 aliphatic carbocycles. The van der Waals surface area contributed by atoms with Gasteiger partial charge in [0.1, 0.15) is 5.70 Å². The second-order valence-electron chi connectivity index (χ2n) is 5.66. The van der Waals surface area contributed by atoms with E-state index in [1.54, 1.807) is 42.3 Å². The molecule has 3 rings (SSSR count). The number of aryl methyl sites for hydroxylation is 1. The molecule has 0 bridgehead atoms. The number of phenolic OH excluding ortho intramolecular Hbond substituents is 2. The first-order valence-electron chi connectivity index (χ1n) is 7.42. The van der Waals surface area contributed by atoms with Crippen molar-refractivity contribution in [1.82, 2.24) is 4.90 Å². The summed E-state index contributed by atoms with van der Waals surface area (Å²) in [5, 5.41) is 20.5. The first-order chi connectivity index (χ1) is 11.8. The number of nitrogens with zero attached hydrogens (tertiary/aromatic N) is 2. The smallest absolute Gasteiger partial charge is 0.281 e. The molecule has 1 aliphatic heterocycles. The molecule has 7 heteroatoms. The van der Waals surface area contributed by atoms with Crippen molar-refractivity contribution in [3.8, 4) is 11.5 Å². The molecule has 0 spiro atoms. The number of likely N-dealkylation sites (N-methyl/N-ethyl adjacent to an activating group) is 1. The zero-order chi connectivity index (χ0) is 18.3. The highest BCUT2D eigenvalue weighted by atomic mass is 35.5. The zero-order valence-electron chi connectivity index (χ0n) is 13.5. The highest BCUT2D eigenvalue weighted by molar-refractivity contribution is 7.80. The van der Waals surface area contributed by atoms with Gasteiger partial charge in [0.05, 0.1) is 5.69 Å². The molecule has 0 saturated carbocycles. The van der Waals surface area contributed by atoms with Crippen molar-refractivity contribution in [2.45, 2.75) is 6.92 Å². The van der Waals surface area contributed by atoms with Crippen LogP contribution in [0.4, 0.5) is 5.69 Å². The minimum Gasteiger partial charge on any atom is -0.504 e. The van der Waals surface area contributed by atoms with Crippen LogP contribution in [0.15, 0.2) is 42.1 Å². The van der Waals surface area contributed by atoms with Crippen LogP contribution in [-0.4, -0.2) is 33.2 Å². The Hall–Kier alpha value is -2.57. The predicted octanol–water partition coefficient (Wildman–Crippen LogP) is 3.66. The normalized spacial score (nSPS) is 16.2. The summed E-state index contributed by atoms with van der Waals surface area (Å²) in [7, 11) is 1.68. The number of hydrogen-bond donors (Lipinski definition) is 2. The van der Waals surface area contributed by atoms with E-state index in [9.17, 15) is 15.0 Å². The van der Waals surface area contributed by atoms with Crippen LogP contribution in [0, 0.1) is 6.92 Å². The second kappa shape index (κ2) is 6.38. The standard InChI is InChI=1S/C18H15ClN2O3S/c1-10-8-12(19)6-7-13(10)21-17(24)14(20(2)18(21)25)9-11-4-3-5-15(22)16(11)23/h3-9,22-23H,1-2H3/b14-9+. The van der Waals surface area contributed by atoms with Gasteiger partial charge in [0.15, 0.2) is 16.6 Å². The molecule has 0 aromatic heterocycles. The van der Waals surface area contributed by atoms with Gasteiger partial charge in [-0.2, -0.15) is 0 Å². The van der Waals surface area contributed by atoms with Gasteiger partial charge >= 0.3 is 0 Å². The summed E-state index contributed by atoms with van der Waals surface area (Å²) in [5.41, 5.74) is 2.08. The number of rotatable bonds is 2. The van der Waals surface area contributed by atoms with Gasteiger partial charge in [-0.3, -0.25) is 9.69 Å². The number of anilines is 1. The zero-order valence-corrected chi connectivity index (χ0v) is 15.1. The minimum atomic E-state index is -0.319. The summed E-state index contributed by atoms with van der Waals surface area (Å²) < 4.78 is 0. The molecule has 2 aromatic carbocycles. The Morgan fingerprint density at radius 2 is 1.92 bits per heavy atom. The highest BCUT2D eigenvalue weighted by Crippen LogP contribution is 2.34. The molecule has 1 aliphatic rings. The van der Waals surface area contributed by atoms with Gasteiger partial charge in [-0.1, -0.05) is 23.7 Å². The lowest BCUT2D eigenvalue weighted by Crippen LogP contribution is -2.31. The van der Waals surface area contributed by atoms with Crippen LogP contribution in [0.5, 0.6) is 11.5 Å². The molecule has 5 nitrogen and oxygen atoms in total. The van der Waals surface area contributed by atoms with Gasteiger partial charge in [-0.25, -0.2) is 0 Å². The van der Waals surface area contributed by atoms with Crippen LogP contribution >= 0.6 is 23.8 Å². The Labute approximate surface area is 155 Å². The van der Waals surface area contributed by atoms with E-state index in [4.69, 9.17) is 23.8 Å². The van der Waals surface area contributed by atoms with Crippen LogP contribution in [-0.2, 0) is 4.79 Å².